The fourth-order valence-corrected chi connectivity index (χ4v) is 2.46. The number of aryl methyl sites for hydroxylation is 2. The summed E-state index contributed by atoms with van der Waals surface area (Å²) in [5, 5.41) is 5.03. The number of carbonyl (C=O) groups is 1. The molecular weight excluding hydrogens is 305 g/mol. The van der Waals surface area contributed by atoms with Gasteiger partial charge >= 0.3 is 6.18 Å². The molecular formula is C13H13F3N2O2S. The van der Waals surface area contributed by atoms with E-state index in [4.69, 9.17) is 0 Å². The van der Waals surface area contributed by atoms with Crippen LogP contribution in [0.4, 0.5) is 13.2 Å². The van der Waals surface area contributed by atoms with E-state index in [9.17, 15) is 18.0 Å². The number of alkyl halides is 3. The van der Waals surface area contributed by atoms with Crippen LogP contribution in [0, 0.1) is 13.8 Å². The van der Waals surface area contributed by atoms with Crippen molar-refractivity contribution in [2.75, 3.05) is 0 Å². The van der Waals surface area contributed by atoms with Gasteiger partial charge in [-0.05, 0) is 19.9 Å². The molecule has 0 atom stereocenters. The second-order valence-electron chi connectivity index (χ2n) is 4.52. The molecule has 0 unspecified atom stereocenters. The van der Waals surface area contributed by atoms with Crippen molar-refractivity contribution in [1.82, 2.24) is 10.3 Å². The summed E-state index contributed by atoms with van der Waals surface area (Å²) in [6.07, 6.45) is -4.52. The number of thiazole rings is 1. The normalized spacial score (nSPS) is 11.7. The zero-order chi connectivity index (χ0) is 15.6. The Morgan fingerprint density at radius 1 is 1.43 bits per heavy atom. The number of rotatable bonds is 4. The van der Waals surface area contributed by atoms with Crippen LogP contribution in [0.15, 0.2) is 15.9 Å². The van der Waals surface area contributed by atoms with Gasteiger partial charge < -0.3 is 9.73 Å². The van der Waals surface area contributed by atoms with Crippen LogP contribution in [-0.2, 0) is 23.9 Å². The Balaban J connectivity index is 1.98. The van der Waals surface area contributed by atoms with E-state index in [0.717, 1.165) is 5.01 Å². The van der Waals surface area contributed by atoms with Crippen molar-refractivity contribution in [3.05, 3.63) is 39.2 Å². The van der Waals surface area contributed by atoms with Crippen LogP contribution in [0.25, 0.3) is 0 Å². The highest BCUT2D eigenvalue weighted by atomic mass is 32.1. The lowest BCUT2D eigenvalue weighted by atomic mass is 10.2. The quantitative estimate of drug-likeness (QED) is 0.941. The molecule has 8 heteroatoms. The molecule has 0 radical (unpaired) electrons. The first-order valence-corrected chi connectivity index (χ1v) is 6.98. The van der Waals surface area contributed by atoms with Crippen LogP contribution in [0.3, 0.4) is 0 Å². The summed E-state index contributed by atoms with van der Waals surface area (Å²) < 4.78 is 42.8. The van der Waals surface area contributed by atoms with Crippen LogP contribution in [0.1, 0.15) is 27.8 Å². The molecule has 4 nitrogen and oxygen atoms in total. The van der Waals surface area contributed by atoms with E-state index in [1.54, 1.807) is 5.38 Å². The maximum atomic E-state index is 12.7. The Bertz CT molecular complexity index is 646. The Hall–Kier alpha value is -1.83. The minimum Gasteiger partial charge on any atom is -0.456 e. The molecule has 0 saturated carbocycles. The molecule has 2 heterocycles. The molecule has 0 spiro atoms. The fraction of sp³-hybridized carbons (Fsp3) is 0.385. The predicted molar refractivity (Wildman–Crippen MR) is 70.8 cm³/mol. The summed E-state index contributed by atoms with van der Waals surface area (Å²) in [6, 6.07) is 1.27. The minimum atomic E-state index is -4.57. The highest BCUT2D eigenvalue weighted by Crippen LogP contribution is 2.33. The van der Waals surface area contributed by atoms with Gasteiger partial charge in [0.1, 0.15) is 5.76 Å². The van der Waals surface area contributed by atoms with Crippen molar-refractivity contribution >= 4 is 17.2 Å². The first-order chi connectivity index (χ1) is 9.75. The molecule has 114 valence electrons. The van der Waals surface area contributed by atoms with Gasteiger partial charge in [-0.1, -0.05) is 0 Å². The van der Waals surface area contributed by atoms with E-state index >= 15 is 0 Å². The van der Waals surface area contributed by atoms with E-state index in [1.807, 2.05) is 6.92 Å². The van der Waals surface area contributed by atoms with Crippen LogP contribution in [-0.4, -0.2) is 10.9 Å². The lowest BCUT2D eigenvalue weighted by Crippen LogP contribution is -2.25. The van der Waals surface area contributed by atoms with E-state index in [0.29, 0.717) is 5.69 Å². The average Bonchev–Trinajstić information content (AvgIpc) is 2.92. The summed E-state index contributed by atoms with van der Waals surface area (Å²) in [4.78, 5) is 15.8. The molecule has 0 aromatic carbocycles. The summed E-state index contributed by atoms with van der Waals surface area (Å²) >= 11 is 1.42. The summed E-state index contributed by atoms with van der Waals surface area (Å²) in [5.41, 5.74) is 0.525. The molecule has 0 aliphatic carbocycles. The number of nitrogens with one attached hydrogen (secondary N) is 1. The third-order valence-electron chi connectivity index (χ3n) is 2.67. The van der Waals surface area contributed by atoms with Gasteiger partial charge in [-0.2, -0.15) is 13.2 Å². The largest absolute Gasteiger partial charge is 0.456 e. The van der Waals surface area contributed by atoms with Gasteiger partial charge in [-0.15, -0.1) is 11.3 Å². The molecule has 0 aliphatic rings. The lowest BCUT2D eigenvalue weighted by Gasteiger charge is -2.07. The first-order valence-electron chi connectivity index (χ1n) is 6.10. The molecule has 1 N–H and O–H groups in total. The van der Waals surface area contributed by atoms with Crippen molar-refractivity contribution in [3.63, 3.8) is 0 Å². The molecule has 0 aliphatic heterocycles. The van der Waals surface area contributed by atoms with Gasteiger partial charge in [0.2, 0.25) is 11.7 Å². The van der Waals surface area contributed by atoms with Crippen molar-refractivity contribution in [2.24, 2.45) is 0 Å². The van der Waals surface area contributed by atoms with Gasteiger partial charge in [0.05, 0.1) is 17.1 Å². The van der Waals surface area contributed by atoms with E-state index in [-0.39, 0.29) is 30.2 Å². The summed E-state index contributed by atoms with van der Waals surface area (Å²) in [6.45, 7) is 3.02. The topological polar surface area (TPSA) is 55.1 Å². The molecule has 0 fully saturated rings. The summed E-state index contributed by atoms with van der Waals surface area (Å²) in [7, 11) is 0. The van der Waals surface area contributed by atoms with Crippen molar-refractivity contribution in [2.45, 2.75) is 33.0 Å². The Morgan fingerprint density at radius 3 is 2.71 bits per heavy atom. The zero-order valence-corrected chi connectivity index (χ0v) is 12.2. The predicted octanol–water partition coefficient (Wildman–Crippen LogP) is 3.23. The number of nitrogens with zero attached hydrogens (tertiary/aromatic N) is 1. The van der Waals surface area contributed by atoms with Crippen LogP contribution in [0.5, 0.6) is 0 Å². The number of furan rings is 1. The van der Waals surface area contributed by atoms with E-state index < -0.39 is 11.9 Å². The summed E-state index contributed by atoms with van der Waals surface area (Å²) in [5.74, 6) is -1.29. The van der Waals surface area contributed by atoms with Crippen LogP contribution >= 0.6 is 11.3 Å². The number of aromatic nitrogens is 1. The Kier molecular flexibility index (Phi) is 4.36. The third-order valence-corrected chi connectivity index (χ3v) is 3.50. The molecule has 2 aromatic rings. The van der Waals surface area contributed by atoms with E-state index in [1.165, 1.54) is 24.3 Å². The highest BCUT2D eigenvalue weighted by Gasteiger charge is 2.37. The van der Waals surface area contributed by atoms with Crippen molar-refractivity contribution in [1.29, 1.82) is 0 Å². The Labute approximate surface area is 123 Å². The molecule has 0 bridgehead atoms. The molecule has 2 rings (SSSR count). The van der Waals surface area contributed by atoms with Crippen molar-refractivity contribution < 1.29 is 22.4 Å². The molecule has 2 aromatic heterocycles. The SMILES string of the molecule is Cc1cc(CNC(=O)Cc2csc(C)n2)c(C(F)(F)F)o1. The van der Waals surface area contributed by atoms with Crippen LogP contribution in [0.2, 0.25) is 0 Å². The maximum absolute atomic E-state index is 12.7. The number of hydrogen-bond donors (Lipinski definition) is 1. The standard InChI is InChI=1S/C13H13F3N2O2S/c1-7-3-9(12(20-7)13(14,15)16)5-17-11(19)4-10-6-21-8(2)18-10/h3,6H,4-5H2,1-2H3,(H,17,19). The molecule has 1 amide bonds. The second-order valence-corrected chi connectivity index (χ2v) is 5.58. The number of carbonyl (C=O) groups excluding carboxylic acids is 1. The van der Waals surface area contributed by atoms with Gasteiger partial charge in [-0.3, -0.25) is 4.79 Å². The number of halogens is 3. The van der Waals surface area contributed by atoms with E-state index in [2.05, 4.69) is 14.7 Å². The third kappa shape index (κ3) is 4.07. The Morgan fingerprint density at radius 2 is 2.14 bits per heavy atom. The minimum absolute atomic E-state index is 0.0442. The van der Waals surface area contributed by atoms with Gasteiger partial charge in [0, 0.05) is 17.5 Å². The fourth-order valence-electron chi connectivity index (χ4n) is 1.85. The van der Waals surface area contributed by atoms with Gasteiger partial charge in [0.25, 0.3) is 0 Å². The smallest absolute Gasteiger partial charge is 0.449 e. The average molecular weight is 318 g/mol. The maximum Gasteiger partial charge on any atom is 0.449 e. The van der Waals surface area contributed by atoms with Gasteiger partial charge in [-0.25, -0.2) is 4.98 Å². The first kappa shape index (κ1) is 15.6. The lowest BCUT2D eigenvalue weighted by molar-refractivity contribution is -0.154. The molecule has 21 heavy (non-hydrogen) atoms. The van der Waals surface area contributed by atoms with Crippen molar-refractivity contribution in [3.8, 4) is 0 Å². The zero-order valence-electron chi connectivity index (χ0n) is 11.4. The van der Waals surface area contributed by atoms with Gasteiger partial charge in [0.15, 0.2) is 0 Å². The number of hydrogen-bond acceptors (Lipinski definition) is 4. The number of amides is 1. The van der Waals surface area contributed by atoms with Crippen LogP contribution < -0.4 is 5.32 Å². The molecule has 0 saturated heterocycles. The highest BCUT2D eigenvalue weighted by molar-refractivity contribution is 7.09. The second kappa shape index (κ2) is 5.88. The monoisotopic (exact) mass is 318 g/mol.